The van der Waals surface area contributed by atoms with Gasteiger partial charge in [0.2, 0.25) is 6.79 Å². The number of ether oxygens (including phenoxy) is 2. The lowest BCUT2D eigenvalue weighted by atomic mass is 10.0. The van der Waals surface area contributed by atoms with Gasteiger partial charge in [0.1, 0.15) is 0 Å². The molecule has 2 saturated heterocycles. The third kappa shape index (κ3) is 4.55. The van der Waals surface area contributed by atoms with Crippen LogP contribution in [0.2, 0.25) is 0 Å². The molecule has 1 atom stereocenters. The first-order valence-electron chi connectivity index (χ1n) is 10.8. The van der Waals surface area contributed by atoms with Gasteiger partial charge in [0.05, 0.1) is 0 Å². The third-order valence-corrected chi connectivity index (χ3v) is 6.40. The van der Waals surface area contributed by atoms with Crippen LogP contribution >= 0.6 is 0 Å². The highest BCUT2D eigenvalue weighted by Crippen LogP contribution is 2.33. The zero-order valence-electron chi connectivity index (χ0n) is 17.0. The van der Waals surface area contributed by atoms with E-state index in [4.69, 9.17) is 9.47 Å². The van der Waals surface area contributed by atoms with Crippen LogP contribution in [0.1, 0.15) is 24.0 Å². The van der Waals surface area contributed by atoms with Crippen molar-refractivity contribution in [1.82, 2.24) is 19.7 Å². The zero-order chi connectivity index (χ0) is 19.5. The number of hydrogen-bond donors (Lipinski definition) is 0. The Kier molecular flexibility index (Phi) is 5.65. The van der Waals surface area contributed by atoms with Crippen molar-refractivity contribution >= 4 is 0 Å². The second kappa shape index (κ2) is 8.69. The summed E-state index contributed by atoms with van der Waals surface area (Å²) in [7, 11) is 0. The average molecular weight is 395 g/mol. The molecular formula is C23H30N4O2. The molecule has 3 aliphatic heterocycles. The minimum atomic E-state index is 0.344. The van der Waals surface area contributed by atoms with Gasteiger partial charge in [-0.1, -0.05) is 6.07 Å². The molecule has 5 rings (SSSR count). The summed E-state index contributed by atoms with van der Waals surface area (Å²) in [6.45, 7) is 9.37. The Hall–Kier alpha value is -2.15. The molecule has 0 amide bonds. The first-order valence-corrected chi connectivity index (χ1v) is 10.8. The molecule has 1 aromatic heterocycles. The fourth-order valence-corrected chi connectivity index (χ4v) is 4.80. The Morgan fingerprint density at radius 3 is 2.48 bits per heavy atom. The zero-order valence-corrected chi connectivity index (χ0v) is 17.0. The van der Waals surface area contributed by atoms with Crippen molar-refractivity contribution < 1.29 is 9.47 Å². The normalized spacial score (nSPS) is 23.4. The van der Waals surface area contributed by atoms with Crippen molar-refractivity contribution in [2.45, 2.75) is 32.0 Å². The maximum Gasteiger partial charge on any atom is 0.231 e. The van der Waals surface area contributed by atoms with Crippen LogP contribution in [-0.2, 0) is 13.1 Å². The fraction of sp³-hybridized carbons (Fsp3) is 0.522. The smallest absolute Gasteiger partial charge is 0.231 e. The van der Waals surface area contributed by atoms with Crippen molar-refractivity contribution in [2.24, 2.45) is 0 Å². The van der Waals surface area contributed by atoms with Gasteiger partial charge in [-0.3, -0.25) is 19.7 Å². The van der Waals surface area contributed by atoms with Crippen molar-refractivity contribution in [2.75, 3.05) is 46.1 Å². The van der Waals surface area contributed by atoms with E-state index in [-0.39, 0.29) is 0 Å². The predicted molar refractivity (Wildman–Crippen MR) is 112 cm³/mol. The van der Waals surface area contributed by atoms with Crippen LogP contribution in [0.15, 0.2) is 42.7 Å². The average Bonchev–Trinajstić information content (AvgIpc) is 3.23. The van der Waals surface area contributed by atoms with Crippen LogP contribution in [-0.4, -0.2) is 71.8 Å². The third-order valence-electron chi connectivity index (χ3n) is 6.40. The Morgan fingerprint density at radius 2 is 1.62 bits per heavy atom. The Balaban J connectivity index is 1.11. The van der Waals surface area contributed by atoms with Crippen molar-refractivity contribution in [3.05, 3.63) is 53.9 Å². The lowest BCUT2D eigenvalue weighted by Gasteiger charge is -2.43. The van der Waals surface area contributed by atoms with Crippen LogP contribution in [0.4, 0.5) is 0 Å². The molecule has 0 radical (unpaired) electrons. The van der Waals surface area contributed by atoms with E-state index in [2.05, 4.69) is 43.9 Å². The highest BCUT2D eigenvalue weighted by molar-refractivity contribution is 5.44. The largest absolute Gasteiger partial charge is 0.454 e. The second-order valence-electron chi connectivity index (χ2n) is 8.39. The van der Waals surface area contributed by atoms with Crippen molar-refractivity contribution in [3.63, 3.8) is 0 Å². The van der Waals surface area contributed by atoms with Crippen LogP contribution in [0.5, 0.6) is 11.5 Å². The number of fused-ring (bicyclic) bond motifs is 1. The Labute approximate surface area is 173 Å². The summed E-state index contributed by atoms with van der Waals surface area (Å²) in [4.78, 5) is 12.0. The molecule has 0 bridgehead atoms. The molecular weight excluding hydrogens is 364 g/mol. The molecule has 0 aliphatic carbocycles. The first kappa shape index (κ1) is 18.9. The van der Waals surface area contributed by atoms with E-state index < -0.39 is 0 Å². The van der Waals surface area contributed by atoms with E-state index in [1.165, 1.54) is 37.1 Å². The van der Waals surface area contributed by atoms with Gasteiger partial charge in [-0.05, 0) is 54.8 Å². The minimum absolute atomic E-state index is 0.344. The molecule has 0 unspecified atom stereocenters. The number of hydrogen-bond acceptors (Lipinski definition) is 6. The number of piperazine rings is 1. The van der Waals surface area contributed by atoms with E-state index in [0.717, 1.165) is 50.8 Å². The lowest BCUT2D eigenvalue weighted by Crippen LogP contribution is -2.54. The summed E-state index contributed by atoms with van der Waals surface area (Å²) in [6.07, 6.45) is 6.43. The van der Waals surface area contributed by atoms with Crippen LogP contribution < -0.4 is 9.47 Å². The lowest BCUT2D eigenvalue weighted by molar-refractivity contribution is 0.0477. The SMILES string of the molecule is c1cc(CN2CCC[C@@H](N3CCN(Cc4ccc5c(c4)OCO5)CC3)C2)ccn1. The molecule has 2 aromatic rings. The maximum atomic E-state index is 5.52. The summed E-state index contributed by atoms with van der Waals surface area (Å²) in [5.41, 5.74) is 2.68. The van der Waals surface area contributed by atoms with Gasteiger partial charge in [0.15, 0.2) is 11.5 Å². The molecule has 2 fully saturated rings. The molecule has 0 spiro atoms. The summed E-state index contributed by atoms with van der Waals surface area (Å²) in [5, 5.41) is 0. The number of benzene rings is 1. The molecule has 0 saturated carbocycles. The van der Waals surface area contributed by atoms with Gasteiger partial charge in [-0.25, -0.2) is 0 Å². The molecule has 29 heavy (non-hydrogen) atoms. The molecule has 154 valence electrons. The number of piperidine rings is 1. The van der Waals surface area contributed by atoms with Crippen LogP contribution in [0.3, 0.4) is 0 Å². The highest BCUT2D eigenvalue weighted by atomic mass is 16.7. The van der Waals surface area contributed by atoms with Gasteiger partial charge in [0, 0.05) is 64.2 Å². The number of aromatic nitrogens is 1. The maximum absolute atomic E-state index is 5.52. The molecule has 0 N–H and O–H groups in total. The van der Waals surface area contributed by atoms with Gasteiger partial charge in [0.25, 0.3) is 0 Å². The van der Waals surface area contributed by atoms with E-state index in [9.17, 15) is 0 Å². The summed E-state index contributed by atoms with van der Waals surface area (Å²) in [5.74, 6) is 1.75. The molecule has 6 nitrogen and oxygen atoms in total. The van der Waals surface area contributed by atoms with Gasteiger partial charge in [-0.15, -0.1) is 0 Å². The monoisotopic (exact) mass is 394 g/mol. The Bertz CT molecular complexity index is 808. The second-order valence-corrected chi connectivity index (χ2v) is 8.39. The topological polar surface area (TPSA) is 41.1 Å². The summed E-state index contributed by atoms with van der Waals surface area (Å²) in [6, 6.07) is 11.3. The number of pyridine rings is 1. The quantitative estimate of drug-likeness (QED) is 0.777. The molecule has 4 heterocycles. The summed E-state index contributed by atoms with van der Waals surface area (Å²) < 4.78 is 10.9. The molecule has 1 aromatic carbocycles. The fourth-order valence-electron chi connectivity index (χ4n) is 4.80. The molecule has 6 heteroatoms. The number of rotatable bonds is 5. The van der Waals surface area contributed by atoms with Crippen LogP contribution in [0, 0.1) is 0 Å². The van der Waals surface area contributed by atoms with Crippen molar-refractivity contribution in [1.29, 1.82) is 0 Å². The van der Waals surface area contributed by atoms with E-state index in [1.54, 1.807) is 0 Å². The number of likely N-dealkylation sites (tertiary alicyclic amines) is 1. The van der Waals surface area contributed by atoms with Gasteiger partial charge < -0.3 is 9.47 Å². The van der Waals surface area contributed by atoms with Crippen molar-refractivity contribution in [3.8, 4) is 11.5 Å². The first-order chi connectivity index (χ1) is 14.3. The predicted octanol–water partition coefficient (Wildman–Crippen LogP) is 2.59. The van der Waals surface area contributed by atoms with E-state index in [1.807, 2.05) is 18.5 Å². The Morgan fingerprint density at radius 1 is 0.828 bits per heavy atom. The van der Waals surface area contributed by atoms with Gasteiger partial charge in [-0.2, -0.15) is 0 Å². The van der Waals surface area contributed by atoms with Gasteiger partial charge >= 0.3 is 0 Å². The summed E-state index contributed by atoms with van der Waals surface area (Å²) >= 11 is 0. The minimum Gasteiger partial charge on any atom is -0.454 e. The molecule has 3 aliphatic rings. The van der Waals surface area contributed by atoms with E-state index in [0.29, 0.717) is 12.8 Å². The van der Waals surface area contributed by atoms with E-state index >= 15 is 0 Å². The standard InChI is InChI=1S/C23H30N4O2/c1-2-21(17-26(9-1)15-19-5-7-24-8-6-19)27-12-10-25(11-13-27)16-20-3-4-22-23(14-20)29-18-28-22/h3-8,14,21H,1-2,9-13,15-18H2/t21-/m1/s1. The van der Waals surface area contributed by atoms with Crippen LogP contribution in [0.25, 0.3) is 0 Å². The highest BCUT2D eigenvalue weighted by Gasteiger charge is 2.28. The number of nitrogens with zero attached hydrogens (tertiary/aromatic N) is 4.